The van der Waals surface area contributed by atoms with Gasteiger partial charge in [-0.05, 0) is 48.4 Å². The number of carbonyl (C=O) groups excluding carboxylic acids is 2. The third-order valence-corrected chi connectivity index (χ3v) is 6.81. The predicted molar refractivity (Wildman–Crippen MR) is 133 cm³/mol. The maximum atomic E-state index is 13.3. The third kappa shape index (κ3) is 7.49. The van der Waals surface area contributed by atoms with Crippen LogP contribution in [0.1, 0.15) is 18.1 Å². The summed E-state index contributed by atoms with van der Waals surface area (Å²) in [5.41, 5.74) is 4.09. The number of sulfonamides is 1. The van der Waals surface area contributed by atoms with Crippen LogP contribution in [0.25, 0.3) is 0 Å². The largest absolute Gasteiger partial charge is 0.507 e. The molecule has 35 heavy (non-hydrogen) atoms. The normalized spacial score (nSPS) is 11.5. The number of para-hydroxylation sites is 1. The van der Waals surface area contributed by atoms with E-state index in [1.807, 2.05) is 30.3 Å². The number of phenolic OH excluding ortho intramolecular Hbond substituents is 1. The van der Waals surface area contributed by atoms with Crippen molar-refractivity contribution >= 4 is 33.7 Å². The summed E-state index contributed by atoms with van der Waals surface area (Å²) in [5.74, 6) is -0.908. The standard InChI is InChI=1S/C25H26N4O5S/c1-19(30)27-22-11-13-23(14-12-22)35(33,34)29(16-15-20-7-3-2-4-8-20)18-25(32)28-26-17-21-9-5-6-10-24(21)31/h2-14,17,31H,15-16,18H2,1H3,(H,27,30)(H,28,32). The summed E-state index contributed by atoms with van der Waals surface area (Å²) in [6.45, 7) is 0.966. The van der Waals surface area contributed by atoms with Crippen molar-refractivity contribution in [3.05, 3.63) is 90.0 Å². The third-order valence-electron chi connectivity index (χ3n) is 4.95. The van der Waals surface area contributed by atoms with Crippen molar-refractivity contribution in [3.8, 4) is 5.75 Å². The number of rotatable bonds is 10. The number of carbonyl (C=O) groups is 2. The number of hydrogen-bond donors (Lipinski definition) is 3. The fraction of sp³-hybridized carbons (Fsp3) is 0.160. The van der Waals surface area contributed by atoms with E-state index in [0.29, 0.717) is 17.7 Å². The number of nitrogens with zero attached hydrogens (tertiary/aromatic N) is 2. The fourth-order valence-corrected chi connectivity index (χ4v) is 4.61. The topological polar surface area (TPSA) is 128 Å². The number of hydrogen-bond acceptors (Lipinski definition) is 6. The highest BCUT2D eigenvalue weighted by Gasteiger charge is 2.26. The van der Waals surface area contributed by atoms with E-state index in [4.69, 9.17) is 0 Å². The zero-order valence-electron chi connectivity index (χ0n) is 19.1. The summed E-state index contributed by atoms with van der Waals surface area (Å²) in [7, 11) is -4.03. The molecular formula is C25H26N4O5S. The first kappa shape index (κ1) is 25.6. The van der Waals surface area contributed by atoms with Crippen LogP contribution in [-0.4, -0.2) is 48.9 Å². The molecule has 0 aromatic heterocycles. The Morgan fingerprint density at radius 1 is 0.971 bits per heavy atom. The van der Waals surface area contributed by atoms with E-state index < -0.39 is 22.5 Å². The van der Waals surface area contributed by atoms with E-state index in [-0.39, 0.29) is 23.1 Å². The highest BCUT2D eigenvalue weighted by Crippen LogP contribution is 2.19. The molecule has 2 amide bonds. The Balaban J connectivity index is 1.76. The lowest BCUT2D eigenvalue weighted by Crippen LogP contribution is -2.40. The average molecular weight is 495 g/mol. The van der Waals surface area contributed by atoms with E-state index in [0.717, 1.165) is 9.87 Å². The highest BCUT2D eigenvalue weighted by molar-refractivity contribution is 7.89. The molecule has 0 aliphatic rings. The van der Waals surface area contributed by atoms with E-state index in [9.17, 15) is 23.1 Å². The monoisotopic (exact) mass is 494 g/mol. The Morgan fingerprint density at radius 2 is 1.63 bits per heavy atom. The maximum Gasteiger partial charge on any atom is 0.255 e. The summed E-state index contributed by atoms with van der Waals surface area (Å²) >= 11 is 0. The summed E-state index contributed by atoms with van der Waals surface area (Å²) < 4.78 is 27.8. The Kier molecular flexibility index (Phi) is 8.71. The van der Waals surface area contributed by atoms with Crippen molar-refractivity contribution in [2.45, 2.75) is 18.2 Å². The Bertz CT molecular complexity index is 1290. The minimum absolute atomic E-state index is 0.000254. The van der Waals surface area contributed by atoms with E-state index in [1.165, 1.54) is 43.5 Å². The lowest BCUT2D eigenvalue weighted by molar-refractivity contribution is -0.121. The zero-order chi connectivity index (χ0) is 25.3. The molecule has 10 heteroatoms. The van der Waals surface area contributed by atoms with Crippen molar-refractivity contribution in [3.63, 3.8) is 0 Å². The van der Waals surface area contributed by atoms with Crippen molar-refractivity contribution in [2.75, 3.05) is 18.4 Å². The van der Waals surface area contributed by atoms with Gasteiger partial charge in [0.05, 0.1) is 17.7 Å². The SMILES string of the molecule is CC(=O)Nc1ccc(S(=O)(=O)N(CCc2ccccc2)CC(=O)NN=Cc2ccccc2O)cc1. The number of phenols is 1. The quantitative estimate of drug-likeness (QED) is 0.295. The number of aromatic hydroxyl groups is 1. The number of nitrogens with one attached hydrogen (secondary N) is 2. The van der Waals surface area contributed by atoms with Crippen LogP contribution in [0, 0.1) is 0 Å². The van der Waals surface area contributed by atoms with Crippen LogP contribution in [0.15, 0.2) is 88.9 Å². The fourth-order valence-electron chi connectivity index (χ4n) is 3.21. The van der Waals surface area contributed by atoms with Gasteiger partial charge in [0, 0.05) is 24.7 Å². The predicted octanol–water partition coefficient (Wildman–Crippen LogP) is 2.73. The van der Waals surface area contributed by atoms with Crippen molar-refractivity contribution < 1.29 is 23.1 Å². The van der Waals surface area contributed by atoms with Crippen molar-refractivity contribution in [1.29, 1.82) is 0 Å². The molecule has 0 unspecified atom stereocenters. The Labute approximate surface area is 204 Å². The Hall–Kier alpha value is -4.02. The van der Waals surface area contributed by atoms with Gasteiger partial charge in [0.15, 0.2) is 0 Å². The molecule has 0 saturated heterocycles. The van der Waals surface area contributed by atoms with Gasteiger partial charge in [-0.3, -0.25) is 9.59 Å². The van der Waals surface area contributed by atoms with Crippen LogP contribution in [0.5, 0.6) is 5.75 Å². The zero-order valence-corrected chi connectivity index (χ0v) is 19.9. The van der Waals surface area contributed by atoms with Gasteiger partial charge in [-0.25, -0.2) is 13.8 Å². The van der Waals surface area contributed by atoms with Gasteiger partial charge in [-0.15, -0.1) is 0 Å². The van der Waals surface area contributed by atoms with Gasteiger partial charge in [0.1, 0.15) is 5.75 Å². The lowest BCUT2D eigenvalue weighted by Gasteiger charge is -2.21. The molecule has 3 aromatic carbocycles. The molecule has 0 atom stereocenters. The lowest BCUT2D eigenvalue weighted by atomic mass is 10.1. The molecule has 0 fully saturated rings. The Morgan fingerprint density at radius 3 is 2.29 bits per heavy atom. The first-order chi connectivity index (χ1) is 16.8. The van der Waals surface area contributed by atoms with Crippen LogP contribution >= 0.6 is 0 Å². The van der Waals surface area contributed by atoms with Crippen LogP contribution in [0.3, 0.4) is 0 Å². The van der Waals surface area contributed by atoms with Gasteiger partial charge in [0.2, 0.25) is 15.9 Å². The molecule has 182 valence electrons. The van der Waals surface area contributed by atoms with Crippen LogP contribution in [0.2, 0.25) is 0 Å². The van der Waals surface area contributed by atoms with E-state index in [2.05, 4.69) is 15.8 Å². The molecule has 3 aromatic rings. The average Bonchev–Trinajstić information content (AvgIpc) is 2.83. The second-order valence-corrected chi connectivity index (χ2v) is 9.57. The molecule has 0 heterocycles. The maximum absolute atomic E-state index is 13.3. The number of hydrazone groups is 1. The molecule has 0 aliphatic carbocycles. The molecule has 0 saturated carbocycles. The van der Waals surface area contributed by atoms with Gasteiger partial charge in [-0.2, -0.15) is 9.41 Å². The van der Waals surface area contributed by atoms with Gasteiger partial charge in [-0.1, -0.05) is 42.5 Å². The van der Waals surface area contributed by atoms with Gasteiger partial charge in [0.25, 0.3) is 5.91 Å². The van der Waals surface area contributed by atoms with Crippen LogP contribution < -0.4 is 10.7 Å². The molecule has 9 nitrogen and oxygen atoms in total. The number of anilines is 1. The first-order valence-electron chi connectivity index (χ1n) is 10.8. The second-order valence-electron chi connectivity index (χ2n) is 7.63. The van der Waals surface area contributed by atoms with Crippen molar-refractivity contribution in [2.24, 2.45) is 5.10 Å². The van der Waals surface area contributed by atoms with E-state index >= 15 is 0 Å². The molecule has 3 rings (SSSR count). The van der Waals surface area contributed by atoms with Gasteiger partial charge < -0.3 is 10.4 Å². The second kappa shape index (κ2) is 11.9. The van der Waals surface area contributed by atoms with Crippen molar-refractivity contribution in [1.82, 2.24) is 9.73 Å². The summed E-state index contributed by atoms with van der Waals surface area (Å²) in [6, 6.07) is 21.5. The molecular weight excluding hydrogens is 468 g/mol. The van der Waals surface area contributed by atoms with Crippen LogP contribution in [-0.2, 0) is 26.0 Å². The summed E-state index contributed by atoms with van der Waals surface area (Å²) in [4.78, 5) is 23.8. The smallest absolute Gasteiger partial charge is 0.255 e. The molecule has 3 N–H and O–H groups in total. The number of benzene rings is 3. The summed E-state index contributed by atoms with van der Waals surface area (Å²) in [5, 5.41) is 16.2. The van der Waals surface area contributed by atoms with Gasteiger partial charge >= 0.3 is 0 Å². The minimum Gasteiger partial charge on any atom is -0.507 e. The first-order valence-corrected chi connectivity index (χ1v) is 12.2. The molecule has 0 aliphatic heterocycles. The molecule has 0 spiro atoms. The minimum atomic E-state index is -4.03. The number of amides is 2. The summed E-state index contributed by atoms with van der Waals surface area (Å²) in [6.07, 6.45) is 1.68. The molecule has 0 radical (unpaired) electrons. The van der Waals surface area contributed by atoms with Crippen LogP contribution in [0.4, 0.5) is 5.69 Å². The molecule has 0 bridgehead atoms. The van der Waals surface area contributed by atoms with E-state index in [1.54, 1.807) is 18.2 Å². The highest BCUT2D eigenvalue weighted by atomic mass is 32.2.